The number of rotatable bonds is 4. The molecule has 3 aliphatic rings. The fraction of sp³-hybridized carbons (Fsp3) is 0.276. The zero-order valence-electron chi connectivity index (χ0n) is 18.7. The van der Waals surface area contributed by atoms with Crippen molar-refractivity contribution >= 4 is 17.7 Å². The second-order valence-corrected chi connectivity index (χ2v) is 9.33. The quantitative estimate of drug-likeness (QED) is 0.378. The van der Waals surface area contributed by atoms with Crippen LogP contribution in [0.5, 0.6) is 11.5 Å². The number of amides is 1. The van der Waals surface area contributed by atoms with Crippen molar-refractivity contribution in [2.75, 3.05) is 5.32 Å². The highest BCUT2D eigenvalue weighted by Gasteiger charge is 2.38. The molecule has 166 valence electrons. The number of benzene rings is 3. The molecule has 4 heteroatoms. The summed E-state index contributed by atoms with van der Waals surface area (Å²) in [5.41, 5.74) is 7.20. The Morgan fingerprint density at radius 1 is 0.879 bits per heavy atom. The number of para-hydroxylation sites is 2. The normalized spacial score (nSPS) is 21.6. The molecule has 0 saturated carbocycles. The van der Waals surface area contributed by atoms with Gasteiger partial charge in [0, 0.05) is 29.8 Å². The van der Waals surface area contributed by atoms with Gasteiger partial charge in [0.2, 0.25) is 6.41 Å². The Hall–Kier alpha value is -3.37. The molecule has 2 fully saturated rings. The van der Waals surface area contributed by atoms with Gasteiger partial charge in [0.05, 0.1) is 5.69 Å². The van der Waals surface area contributed by atoms with Crippen LogP contribution in [0.3, 0.4) is 0 Å². The molecule has 2 saturated heterocycles. The van der Waals surface area contributed by atoms with Gasteiger partial charge in [0.25, 0.3) is 0 Å². The largest absolute Gasteiger partial charge is 0.454 e. The Bertz CT molecular complexity index is 1200. The van der Waals surface area contributed by atoms with E-state index < -0.39 is 0 Å². The molecule has 6 rings (SSSR count). The van der Waals surface area contributed by atoms with E-state index in [1.807, 2.05) is 24.3 Å². The van der Waals surface area contributed by atoms with Crippen LogP contribution in [0.15, 0.2) is 78.4 Å². The molecule has 0 radical (unpaired) electrons. The number of nitrogens with zero attached hydrogens (tertiary/aromatic N) is 1. The summed E-state index contributed by atoms with van der Waals surface area (Å²) >= 11 is 0. The molecule has 0 aromatic heterocycles. The first-order chi connectivity index (χ1) is 16.3. The van der Waals surface area contributed by atoms with Gasteiger partial charge in [-0.1, -0.05) is 72.7 Å². The smallest absolute Gasteiger partial charge is 0.211 e. The fourth-order valence-electron chi connectivity index (χ4n) is 5.99. The van der Waals surface area contributed by atoms with Gasteiger partial charge < -0.3 is 10.1 Å². The molecule has 3 aromatic rings. The predicted octanol–water partition coefficient (Wildman–Crippen LogP) is 6.38. The van der Waals surface area contributed by atoms with Crippen molar-refractivity contribution in [1.82, 2.24) is 4.90 Å². The van der Waals surface area contributed by atoms with E-state index >= 15 is 0 Å². The molecule has 33 heavy (non-hydrogen) atoms. The lowest BCUT2D eigenvalue weighted by Gasteiger charge is -2.48. The van der Waals surface area contributed by atoms with Crippen molar-refractivity contribution in [2.24, 2.45) is 0 Å². The minimum Gasteiger partial charge on any atom is -0.454 e. The van der Waals surface area contributed by atoms with E-state index in [1.165, 1.54) is 36.0 Å². The number of hydrogen-bond donors (Lipinski definition) is 1. The number of ether oxygens (including phenoxy) is 1. The Labute approximate surface area is 194 Å². The monoisotopic (exact) mass is 436 g/mol. The first kappa shape index (κ1) is 20.3. The van der Waals surface area contributed by atoms with Gasteiger partial charge >= 0.3 is 0 Å². The lowest BCUT2D eigenvalue weighted by molar-refractivity contribution is -0.105. The highest BCUT2D eigenvalue weighted by atomic mass is 16.5. The average molecular weight is 437 g/mol. The Balaban J connectivity index is 1.43. The van der Waals surface area contributed by atoms with E-state index in [2.05, 4.69) is 58.7 Å². The van der Waals surface area contributed by atoms with Gasteiger partial charge in [-0.15, -0.1) is 0 Å². The second-order valence-electron chi connectivity index (χ2n) is 9.33. The Morgan fingerprint density at radius 2 is 1.61 bits per heavy atom. The maximum atomic E-state index is 11.2. The third-order valence-electron chi connectivity index (χ3n) is 7.41. The first-order valence-corrected chi connectivity index (χ1v) is 11.9. The second kappa shape index (κ2) is 8.53. The number of anilines is 1. The van der Waals surface area contributed by atoms with Gasteiger partial charge in [-0.3, -0.25) is 9.69 Å². The van der Waals surface area contributed by atoms with Gasteiger partial charge in [-0.25, -0.2) is 0 Å². The van der Waals surface area contributed by atoms with Crippen molar-refractivity contribution in [3.8, 4) is 11.5 Å². The highest BCUT2D eigenvalue weighted by molar-refractivity contribution is 5.93. The summed E-state index contributed by atoms with van der Waals surface area (Å²) in [7, 11) is 0. The van der Waals surface area contributed by atoms with Gasteiger partial charge in [0.1, 0.15) is 5.75 Å². The maximum absolute atomic E-state index is 11.2. The third-order valence-corrected chi connectivity index (χ3v) is 7.41. The molecule has 3 aliphatic heterocycles. The van der Waals surface area contributed by atoms with Crippen molar-refractivity contribution < 1.29 is 9.53 Å². The molecule has 0 spiro atoms. The lowest BCUT2D eigenvalue weighted by atomic mass is 9.77. The number of carbonyl (C=O) groups is 1. The standard InChI is InChI=1S/C29H28N2O2/c32-19-30-26-14-7-13-25-28(24-12-4-5-15-27(24)33-29(25)26)21-16-22-10-6-11-23(17-21)31(22)18-20-8-2-1-3-9-20/h1-5,7-9,12-15,19,22-23H,6,10-11,16-18H2,(H,30,32). The minimum atomic E-state index is 0.565. The number of nitrogens with one attached hydrogen (secondary N) is 1. The minimum absolute atomic E-state index is 0.565. The van der Waals surface area contributed by atoms with Crippen LogP contribution >= 0.6 is 0 Å². The Kier molecular flexibility index (Phi) is 5.23. The lowest BCUT2D eigenvalue weighted by Crippen LogP contribution is -2.49. The first-order valence-electron chi connectivity index (χ1n) is 11.9. The molecule has 3 aromatic carbocycles. The van der Waals surface area contributed by atoms with E-state index in [1.54, 1.807) is 0 Å². The summed E-state index contributed by atoms with van der Waals surface area (Å²) in [5.74, 6) is 1.62. The molecule has 4 nitrogen and oxygen atoms in total. The number of piperidine rings is 2. The van der Waals surface area contributed by atoms with Gasteiger partial charge in [-0.05, 0) is 49.0 Å². The summed E-state index contributed by atoms with van der Waals surface area (Å²) in [4.78, 5) is 14.0. The topological polar surface area (TPSA) is 41.6 Å². The van der Waals surface area contributed by atoms with Gasteiger partial charge in [-0.2, -0.15) is 0 Å². The zero-order chi connectivity index (χ0) is 22.2. The van der Waals surface area contributed by atoms with Crippen LogP contribution in [-0.4, -0.2) is 23.4 Å². The van der Waals surface area contributed by atoms with Crippen LogP contribution in [0.25, 0.3) is 5.57 Å². The van der Waals surface area contributed by atoms with E-state index in [4.69, 9.17) is 4.74 Å². The summed E-state index contributed by atoms with van der Waals surface area (Å²) in [5, 5.41) is 2.83. The number of fused-ring (bicyclic) bond motifs is 4. The van der Waals surface area contributed by atoms with Crippen LogP contribution in [0, 0.1) is 0 Å². The fourth-order valence-corrected chi connectivity index (χ4v) is 5.99. The molecule has 0 aliphatic carbocycles. The van der Waals surface area contributed by atoms with E-state index in [0.29, 0.717) is 12.1 Å². The number of hydrogen-bond acceptors (Lipinski definition) is 3. The van der Waals surface area contributed by atoms with Crippen LogP contribution in [0.4, 0.5) is 5.69 Å². The van der Waals surface area contributed by atoms with Crippen LogP contribution in [0.2, 0.25) is 0 Å². The van der Waals surface area contributed by atoms with Crippen molar-refractivity contribution in [1.29, 1.82) is 0 Å². The van der Waals surface area contributed by atoms with Crippen molar-refractivity contribution in [3.63, 3.8) is 0 Å². The highest BCUT2D eigenvalue weighted by Crippen LogP contribution is 2.51. The SMILES string of the molecule is O=CNc1cccc2c1Oc1ccccc1C2=C1CC2CCCC(C1)N2Cc1ccccc1. The summed E-state index contributed by atoms with van der Waals surface area (Å²) < 4.78 is 6.31. The molecular formula is C29H28N2O2. The third kappa shape index (κ3) is 3.65. The number of carbonyl (C=O) groups excluding carboxylic acids is 1. The summed E-state index contributed by atoms with van der Waals surface area (Å²) in [6.45, 7) is 1.03. The summed E-state index contributed by atoms with van der Waals surface area (Å²) in [6, 6.07) is 26.4. The van der Waals surface area contributed by atoms with Crippen molar-refractivity contribution in [3.05, 3.63) is 95.1 Å². The summed E-state index contributed by atoms with van der Waals surface area (Å²) in [6.07, 6.45) is 6.69. The maximum Gasteiger partial charge on any atom is 0.211 e. The molecule has 2 atom stereocenters. The molecular weight excluding hydrogens is 408 g/mol. The van der Waals surface area contributed by atoms with E-state index in [-0.39, 0.29) is 0 Å². The van der Waals surface area contributed by atoms with E-state index in [0.717, 1.165) is 54.1 Å². The average Bonchev–Trinajstić information content (AvgIpc) is 2.84. The van der Waals surface area contributed by atoms with E-state index in [9.17, 15) is 4.79 Å². The van der Waals surface area contributed by atoms with Crippen molar-refractivity contribution in [2.45, 2.75) is 50.7 Å². The zero-order valence-corrected chi connectivity index (χ0v) is 18.7. The molecule has 1 N–H and O–H groups in total. The molecule has 2 bridgehead atoms. The van der Waals surface area contributed by atoms with Crippen LogP contribution in [-0.2, 0) is 11.3 Å². The van der Waals surface area contributed by atoms with Gasteiger partial charge in [0.15, 0.2) is 5.75 Å². The van der Waals surface area contributed by atoms with Crippen LogP contribution in [0.1, 0.15) is 48.8 Å². The predicted molar refractivity (Wildman–Crippen MR) is 131 cm³/mol. The Morgan fingerprint density at radius 3 is 2.39 bits per heavy atom. The molecule has 3 heterocycles. The van der Waals surface area contributed by atoms with Crippen LogP contribution < -0.4 is 10.1 Å². The molecule has 2 unspecified atom stereocenters. The molecule has 1 amide bonds.